The Labute approximate surface area is 748 Å². The molecule has 8 aliphatic rings. The first-order chi connectivity index (χ1) is 60.2. The van der Waals surface area contributed by atoms with E-state index in [2.05, 4.69) is 65.4 Å². The van der Waals surface area contributed by atoms with Crippen LogP contribution in [-0.2, 0) is 165 Å². The van der Waals surface area contributed by atoms with Gasteiger partial charge in [0.05, 0.1) is 12.0 Å². The van der Waals surface area contributed by atoms with Gasteiger partial charge in [0.15, 0.2) is 5.03 Å². The number of carbonyl (C=O) groups excluding carboxylic acids is 5. The number of anilines is 5. The van der Waals surface area contributed by atoms with Crippen LogP contribution in [-0.4, -0.2) is 87.1 Å². The maximum atomic E-state index is 12.6. The number of nitrogens with zero attached hydrogens (tertiary/aromatic N) is 2. The zero-order valence-electron chi connectivity index (χ0n) is 72.2. The van der Waals surface area contributed by atoms with E-state index in [4.69, 9.17) is 8.83 Å². The van der Waals surface area contributed by atoms with Gasteiger partial charge in [-0.25, -0.2) is 64.4 Å². The van der Waals surface area contributed by atoms with Crippen molar-refractivity contribution in [3.8, 4) is 0 Å². The molecule has 0 spiro atoms. The van der Waals surface area contributed by atoms with E-state index in [0.717, 1.165) is 238 Å². The van der Waals surface area contributed by atoms with Gasteiger partial charge in [-0.1, -0.05) is 76.2 Å². The first-order valence-electron chi connectivity index (χ1n) is 42.6. The van der Waals surface area contributed by atoms with Crippen LogP contribution in [0.4, 0.5) is 52.4 Å². The summed E-state index contributed by atoms with van der Waals surface area (Å²) >= 11 is 2.24. The SMILES string of the molecule is CC(C)c1cccc(C(C)C)c1NC(=O)NS(=O)(=O)c1cc(C(C)(C)O)n(C)n1.Cc1ccc(S(=O)(=O)NC(=O)Nc2c3c(cc4c2CCC4)CCC3)o1.Cc1ccc(S(=O)(=O)NC(=O)Nc2c3c(cc4c2CCC4)CCC3)s1.O=C(Nc1c2c(cc3c1CCC3)CCC2)NS(=O)(=O)c1ccco1.O=C(Nc1c2c(cc3c1CCC3)CCC2)NS(=O)(=O)c1cccs1. The Kier molecular flexibility index (Phi) is 27.6. The second kappa shape index (κ2) is 37.9. The molecule has 11 N–H and O–H groups in total. The van der Waals surface area contributed by atoms with Gasteiger partial charge in [-0.2, -0.15) is 30.4 Å². The lowest BCUT2D eigenvalue weighted by atomic mass is 9.93. The number of sulfonamides is 5. The van der Waals surface area contributed by atoms with Crippen molar-refractivity contribution in [2.45, 2.75) is 251 Å². The fourth-order valence-corrected chi connectivity index (χ4v) is 24.9. The van der Waals surface area contributed by atoms with Crippen LogP contribution < -0.4 is 50.2 Å². The third kappa shape index (κ3) is 21.2. The number of hydrogen-bond acceptors (Lipinski definition) is 21. The predicted octanol–water partition coefficient (Wildman–Crippen LogP) is 16.0. The molecule has 0 fully saturated rings. The van der Waals surface area contributed by atoms with Gasteiger partial charge in [0.2, 0.25) is 10.2 Å². The molecule has 127 heavy (non-hydrogen) atoms. The van der Waals surface area contributed by atoms with E-state index in [0.29, 0.717) is 17.1 Å². The number of amides is 10. The molecule has 0 atom stereocenters. The summed E-state index contributed by atoms with van der Waals surface area (Å²) in [7, 11) is -18.3. The topological polar surface area (TPSA) is 441 Å². The third-order valence-corrected chi connectivity index (χ3v) is 33.0. The molecular weight excluding hydrogens is 1760 g/mol. The van der Waals surface area contributed by atoms with Crippen molar-refractivity contribution in [2.75, 3.05) is 26.6 Å². The van der Waals surface area contributed by atoms with E-state index in [1.807, 2.05) is 67.0 Å². The Morgan fingerprint density at radius 1 is 0.402 bits per heavy atom. The highest BCUT2D eigenvalue weighted by Crippen LogP contribution is 2.44. The number of para-hydroxylation sites is 1. The van der Waals surface area contributed by atoms with Crippen LogP contribution >= 0.6 is 22.7 Å². The highest BCUT2D eigenvalue weighted by Gasteiger charge is 2.35. The van der Waals surface area contributed by atoms with Gasteiger partial charge in [0, 0.05) is 46.4 Å². The fraction of sp³-hybridized carbons (Fsp3) is 0.400. The zero-order chi connectivity index (χ0) is 90.8. The molecule has 37 heteroatoms. The summed E-state index contributed by atoms with van der Waals surface area (Å²) in [6, 6.07) is 24.4. The lowest BCUT2D eigenvalue weighted by molar-refractivity contribution is 0.0695. The predicted molar refractivity (Wildman–Crippen MR) is 487 cm³/mol. The van der Waals surface area contributed by atoms with Crippen molar-refractivity contribution < 1.29 is 80.0 Å². The molecule has 10 amide bonds. The molecule has 8 aliphatic carbocycles. The van der Waals surface area contributed by atoms with Gasteiger partial charge >= 0.3 is 30.2 Å². The van der Waals surface area contributed by atoms with Gasteiger partial charge in [-0.15, -0.1) is 22.7 Å². The molecule has 0 radical (unpaired) electrons. The zero-order valence-corrected chi connectivity index (χ0v) is 77.9. The minimum Gasteiger partial charge on any atom is -0.451 e. The molecule has 0 bridgehead atoms. The first-order valence-corrected chi connectivity index (χ1v) is 51.8. The molecule has 5 aromatic carbocycles. The highest BCUT2D eigenvalue weighted by molar-refractivity contribution is 7.92. The standard InChI is InChI=1S/C20H30N4O4S.C18H20N2O4S.C18H20N2O3S2.C17H18N2O4S.C17H18N2O3S2/c1-12(2)14-9-8-10-15(13(3)4)18(14)21-19(25)23-29(27,28)17-11-16(20(5,6)26)24(7)22-17;2*1-11-8-9-16(24-11)25(22,23)20-18(21)19-17-14-6-2-4-12(14)10-13-5-3-7-15(13)17;2*20-17(19-24(21,22)15-8-3-9-23-15)18-16-13-6-1-4-11(13)10-12-5-2-7-14(12)16/h8-13,26H,1-7H3,(H2,21,23,25);2*8-10H,2-7H2,1H3,(H2,19,20,21);2*3,8-10H,1-2,4-7H2,(H2,18,19,20). The minimum atomic E-state index is -4.21. The number of carbonyl (C=O) groups is 5. The van der Waals surface area contributed by atoms with Gasteiger partial charge in [-0.05, 0) is 342 Å². The van der Waals surface area contributed by atoms with Crippen LogP contribution in [0, 0.1) is 13.8 Å². The average molecular weight is 1870 g/mol. The molecule has 10 aromatic rings. The quantitative estimate of drug-likeness (QED) is 0.0380. The number of fused-ring (bicyclic) bond motifs is 8. The number of aliphatic hydroxyl groups is 1. The first kappa shape index (κ1) is 92.5. The number of thiophene rings is 2. The molecule has 18 rings (SSSR count). The van der Waals surface area contributed by atoms with E-state index in [1.54, 1.807) is 30.5 Å². The van der Waals surface area contributed by atoms with Gasteiger partial charge in [-0.3, -0.25) is 4.68 Å². The Morgan fingerprint density at radius 2 is 0.748 bits per heavy atom. The molecule has 0 saturated heterocycles. The number of aryl methyl sites for hydroxylation is 11. The highest BCUT2D eigenvalue weighted by atomic mass is 32.3. The van der Waals surface area contributed by atoms with E-state index in [1.165, 1.54) is 135 Å². The fourth-order valence-electron chi connectivity index (χ4n) is 18.2. The lowest BCUT2D eigenvalue weighted by Crippen LogP contribution is -2.35. The maximum absolute atomic E-state index is 12.6. The van der Waals surface area contributed by atoms with E-state index in [9.17, 15) is 71.2 Å². The number of benzene rings is 5. The molecule has 0 aliphatic heterocycles. The largest absolute Gasteiger partial charge is 0.451 e. The maximum Gasteiger partial charge on any atom is 0.333 e. The average Bonchev–Trinajstić information content (AvgIpc) is 1.64. The van der Waals surface area contributed by atoms with Crippen LogP contribution in [0.1, 0.15) is 221 Å². The van der Waals surface area contributed by atoms with Gasteiger partial charge < -0.3 is 40.5 Å². The number of aromatic nitrogens is 2. The Balaban J connectivity index is 0.000000129. The van der Waals surface area contributed by atoms with Crippen molar-refractivity contribution >= 4 is 131 Å². The van der Waals surface area contributed by atoms with Crippen molar-refractivity contribution in [2.24, 2.45) is 7.05 Å². The van der Waals surface area contributed by atoms with Crippen LogP contribution in [0.25, 0.3) is 0 Å². The van der Waals surface area contributed by atoms with E-state index in [-0.39, 0.29) is 35.5 Å². The van der Waals surface area contributed by atoms with Crippen LogP contribution in [0.3, 0.4) is 0 Å². The van der Waals surface area contributed by atoms with Gasteiger partial charge in [0.25, 0.3) is 50.1 Å². The Morgan fingerprint density at radius 3 is 1.05 bits per heavy atom. The summed E-state index contributed by atoms with van der Waals surface area (Å²) in [4.78, 5) is 62.8. The third-order valence-electron chi connectivity index (χ3n) is 23.8. The van der Waals surface area contributed by atoms with Gasteiger partial charge in [0.1, 0.15) is 19.8 Å². The normalized spacial score (nSPS) is 15.0. The van der Waals surface area contributed by atoms with Crippen molar-refractivity contribution in [3.63, 3.8) is 0 Å². The monoisotopic (exact) mass is 1870 g/mol. The van der Waals surface area contributed by atoms with Crippen LogP contribution in [0.5, 0.6) is 0 Å². The number of hydrogen-bond donors (Lipinski definition) is 11. The number of furan rings is 2. The lowest BCUT2D eigenvalue weighted by Gasteiger charge is -2.20. The summed E-state index contributed by atoms with van der Waals surface area (Å²) < 4.78 is 145. The molecule has 676 valence electrons. The molecule has 30 nitrogen and oxygen atoms in total. The Hall–Kier alpha value is -10.7. The summed E-state index contributed by atoms with van der Waals surface area (Å²) in [5.74, 6) is 0.760. The number of urea groups is 5. The van der Waals surface area contributed by atoms with Crippen LogP contribution in [0.15, 0.2) is 141 Å². The summed E-state index contributed by atoms with van der Waals surface area (Å²) in [6.07, 6.45) is 25.5. The van der Waals surface area contributed by atoms with E-state index >= 15 is 0 Å². The number of nitrogens with one attached hydrogen (secondary N) is 10. The molecular formula is C90H106N12O18S7. The van der Waals surface area contributed by atoms with Crippen LogP contribution in [0.2, 0.25) is 0 Å². The van der Waals surface area contributed by atoms with Crippen molar-refractivity contribution in [1.29, 1.82) is 0 Å². The molecule has 5 heterocycles. The summed E-state index contributed by atoms with van der Waals surface area (Å²) in [6.45, 7) is 14.6. The van der Waals surface area contributed by atoms with Crippen molar-refractivity contribution in [3.05, 3.63) is 225 Å². The second-order valence-corrected chi connectivity index (χ2v) is 44.9. The summed E-state index contributed by atoms with van der Waals surface area (Å²) in [5, 5.41) is 28.8. The molecule has 5 aromatic heterocycles. The minimum absolute atomic E-state index is 0.140. The second-order valence-electron chi connectivity index (χ2n) is 34.0. The van der Waals surface area contributed by atoms with E-state index < -0.39 is 85.9 Å². The smallest absolute Gasteiger partial charge is 0.333 e. The Bertz CT molecular complexity index is 6080. The molecule has 0 unspecified atom stereocenters. The number of rotatable bonds is 18. The summed E-state index contributed by atoms with van der Waals surface area (Å²) in [5.41, 5.74) is 24.4. The van der Waals surface area contributed by atoms with Crippen molar-refractivity contribution in [1.82, 2.24) is 33.4 Å². The molecule has 0 saturated carbocycles.